The molecule has 4 heteroatoms. The quantitative estimate of drug-likeness (QED) is 0.779. The largest absolute Gasteiger partial charge is 0.427 e. The highest BCUT2D eigenvalue weighted by Crippen LogP contribution is 2.38. The van der Waals surface area contributed by atoms with Crippen LogP contribution >= 0.6 is 8.60 Å². The predicted molar refractivity (Wildman–Crippen MR) is 61.7 cm³/mol. The van der Waals surface area contributed by atoms with Crippen LogP contribution in [0.25, 0.3) is 0 Å². The van der Waals surface area contributed by atoms with Gasteiger partial charge in [0.15, 0.2) is 0 Å². The molecule has 1 aromatic carbocycles. The standard InChI is InChI=1S/C11H17O3P/c1-4-11(2,3)9-7-5-6-8-10(9)14-15(12)13/h5-8,12-13H,4H2,1-3H3. The van der Waals surface area contributed by atoms with Crippen molar-refractivity contribution in [2.75, 3.05) is 0 Å². The van der Waals surface area contributed by atoms with Crippen LogP contribution in [0.3, 0.4) is 0 Å². The molecule has 2 N–H and O–H groups in total. The molecule has 0 spiro atoms. The Kier molecular flexibility index (Phi) is 4.09. The van der Waals surface area contributed by atoms with Crippen LogP contribution in [0.4, 0.5) is 0 Å². The van der Waals surface area contributed by atoms with Gasteiger partial charge in [0.05, 0.1) is 0 Å². The van der Waals surface area contributed by atoms with Crippen molar-refractivity contribution in [2.24, 2.45) is 0 Å². The molecule has 1 rings (SSSR count). The smallest absolute Gasteiger partial charge is 0.391 e. The van der Waals surface area contributed by atoms with Gasteiger partial charge in [-0.3, -0.25) is 0 Å². The molecule has 0 fully saturated rings. The normalized spacial score (nSPS) is 11.9. The third-order valence-electron chi connectivity index (χ3n) is 2.68. The van der Waals surface area contributed by atoms with Crippen LogP contribution in [0.15, 0.2) is 24.3 Å². The van der Waals surface area contributed by atoms with E-state index < -0.39 is 8.60 Å². The van der Waals surface area contributed by atoms with E-state index in [9.17, 15) is 0 Å². The summed E-state index contributed by atoms with van der Waals surface area (Å²) >= 11 is 0. The zero-order chi connectivity index (χ0) is 11.5. The first-order valence-electron chi connectivity index (χ1n) is 4.92. The first kappa shape index (κ1) is 12.4. The predicted octanol–water partition coefficient (Wildman–Crippen LogP) is 2.96. The van der Waals surface area contributed by atoms with Crippen LogP contribution in [0.2, 0.25) is 0 Å². The second-order valence-electron chi connectivity index (χ2n) is 4.08. The second kappa shape index (κ2) is 4.93. The molecule has 0 heterocycles. The number of hydrogen-bond donors (Lipinski definition) is 2. The van der Waals surface area contributed by atoms with E-state index >= 15 is 0 Å². The fraction of sp³-hybridized carbons (Fsp3) is 0.455. The van der Waals surface area contributed by atoms with Crippen molar-refractivity contribution in [2.45, 2.75) is 32.6 Å². The summed E-state index contributed by atoms with van der Waals surface area (Å²) in [6, 6.07) is 7.46. The van der Waals surface area contributed by atoms with E-state index in [4.69, 9.17) is 14.3 Å². The Hall–Kier alpha value is -0.630. The Balaban J connectivity index is 3.06. The highest BCUT2D eigenvalue weighted by Gasteiger charge is 2.23. The lowest BCUT2D eigenvalue weighted by atomic mass is 9.82. The Bertz CT molecular complexity index is 323. The van der Waals surface area contributed by atoms with Gasteiger partial charge in [-0.05, 0) is 17.9 Å². The molecule has 0 atom stereocenters. The summed E-state index contributed by atoms with van der Waals surface area (Å²) in [7, 11) is -2.35. The van der Waals surface area contributed by atoms with Gasteiger partial charge in [-0.2, -0.15) is 0 Å². The summed E-state index contributed by atoms with van der Waals surface area (Å²) < 4.78 is 5.01. The van der Waals surface area contributed by atoms with Crippen LogP contribution in [0.1, 0.15) is 32.8 Å². The summed E-state index contributed by atoms with van der Waals surface area (Å²) in [6.07, 6.45) is 0.960. The Labute approximate surface area is 91.7 Å². The maximum atomic E-state index is 8.87. The van der Waals surface area contributed by atoms with Crippen LogP contribution in [-0.2, 0) is 5.41 Å². The molecule has 0 unspecified atom stereocenters. The molecule has 0 saturated heterocycles. The Morgan fingerprint density at radius 1 is 1.27 bits per heavy atom. The van der Waals surface area contributed by atoms with Gasteiger partial charge in [-0.1, -0.05) is 39.0 Å². The number of rotatable bonds is 4. The molecule has 0 bridgehead atoms. The number of hydrogen-bond acceptors (Lipinski definition) is 3. The fourth-order valence-electron chi connectivity index (χ4n) is 1.38. The Morgan fingerprint density at radius 2 is 1.87 bits per heavy atom. The molecule has 0 radical (unpaired) electrons. The minimum atomic E-state index is -2.35. The highest BCUT2D eigenvalue weighted by molar-refractivity contribution is 7.39. The van der Waals surface area contributed by atoms with Crippen LogP contribution < -0.4 is 4.52 Å². The molecule has 0 amide bonds. The minimum absolute atomic E-state index is 0.0259. The summed E-state index contributed by atoms with van der Waals surface area (Å²) in [6.45, 7) is 6.30. The van der Waals surface area contributed by atoms with Gasteiger partial charge >= 0.3 is 8.60 Å². The average molecular weight is 228 g/mol. The fourth-order valence-corrected chi connectivity index (χ4v) is 1.72. The van der Waals surface area contributed by atoms with Gasteiger partial charge in [0.2, 0.25) is 0 Å². The van der Waals surface area contributed by atoms with E-state index in [1.165, 1.54) is 0 Å². The first-order valence-corrected chi connectivity index (χ1v) is 6.09. The van der Waals surface area contributed by atoms with E-state index in [1.807, 2.05) is 18.2 Å². The lowest BCUT2D eigenvalue weighted by Gasteiger charge is -2.25. The van der Waals surface area contributed by atoms with Gasteiger partial charge in [0.1, 0.15) is 5.75 Å². The lowest BCUT2D eigenvalue weighted by Crippen LogP contribution is -2.16. The van der Waals surface area contributed by atoms with Gasteiger partial charge in [-0.25, -0.2) is 0 Å². The van der Waals surface area contributed by atoms with Gasteiger partial charge in [0, 0.05) is 5.56 Å². The van der Waals surface area contributed by atoms with Gasteiger partial charge in [-0.15, -0.1) is 0 Å². The van der Waals surface area contributed by atoms with Crippen LogP contribution in [-0.4, -0.2) is 9.79 Å². The van der Waals surface area contributed by atoms with Crippen molar-refractivity contribution >= 4 is 8.60 Å². The van der Waals surface area contributed by atoms with E-state index in [-0.39, 0.29) is 5.41 Å². The third-order valence-corrected chi connectivity index (χ3v) is 3.04. The lowest BCUT2D eigenvalue weighted by molar-refractivity contribution is 0.367. The Morgan fingerprint density at radius 3 is 2.40 bits per heavy atom. The number of para-hydroxylation sites is 1. The van der Waals surface area contributed by atoms with Gasteiger partial charge in [0.25, 0.3) is 0 Å². The molecule has 1 aromatic rings. The minimum Gasteiger partial charge on any atom is -0.427 e. The van der Waals surface area contributed by atoms with Crippen molar-refractivity contribution in [3.8, 4) is 5.75 Å². The molecule has 15 heavy (non-hydrogen) atoms. The summed E-state index contributed by atoms with van der Waals surface area (Å²) in [5.41, 5.74) is 0.977. The molecule has 0 aliphatic carbocycles. The molecular formula is C11H17O3P. The van der Waals surface area contributed by atoms with Crippen molar-refractivity contribution in [1.29, 1.82) is 0 Å². The van der Waals surface area contributed by atoms with Crippen molar-refractivity contribution in [1.82, 2.24) is 0 Å². The molecule has 0 aliphatic rings. The van der Waals surface area contributed by atoms with Crippen molar-refractivity contribution in [3.05, 3.63) is 29.8 Å². The molecule has 3 nitrogen and oxygen atoms in total. The summed E-state index contributed by atoms with van der Waals surface area (Å²) in [5.74, 6) is 0.556. The van der Waals surface area contributed by atoms with Crippen molar-refractivity contribution < 1.29 is 14.3 Å². The van der Waals surface area contributed by atoms with E-state index in [2.05, 4.69) is 20.8 Å². The molecular weight excluding hydrogens is 211 g/mol. The van der Waals surface area contributed by atoms with E-state index in [1.54, 1.807) is 6.07 Å². The average Bonchev–Trinajstić information content (AvgIpc) is 2.17. The zero-order valence-electron chi connectivity index (χ0n) is 9.27. The molecule has 0 saturated carbocycles. The van der Waals surface area contributed by atoms with Crippen LogP contribution in [0.5, 0.6) is 5.75 Å². The highest BCUT2D eigenvalue weighted by atomic mass is 31.2. The van der Waals surface area contributed by atoms with E-state index in [0.29, 0.717) is 5.75 Å². The van der Waals surface area contributed by atoms with Crippen molar-refractivity contribution in [3.63, 3.8) is 0 Å². The first-order chi connectivity index (χ1) is 6.97. The molecule has 84 valence electrons. The zero-order valence-corrected chi connectivity index (χ0v) is 10.2. The molecule has 0 aliphatic heterocycles. The van der Waals surface area contributed by atoms with Crippen LogP contribution in [0, 0.1) is 0 Å². The van der Waals surface area contributed by atoms with E-state index in [0.717, 1.165) is 12.0 Å². The monoisotopic (exact) mass is 228 g/mol. The maximum absolute atomic E-state index is 8.87. The summed E-state index contributed by atoms with van der Waals surface area (Å²) in [4.78, 5) is 17.7. The van der Waals surface area contributed by atoms with Gasteiger partial charge < -0.3 is 14.3 Å². The second-order valence-corrected chi connectivity index (χ2v) is 4.77. The number of benzene rings is 1. The maximum Gasteiger partial charge on any atom is 0.391 e. The summed E-state index contributed by atoms with van der Waals surface area (Å²) in [5, 5.41) is 0. The topological polar surface area (TPSA) is 49.7 Å². The SMILES string of the molecule is CCC(C)(C)c1ccccc1OP(O)O. The molecule has 0 aromatic heterocycles. The third kappa shape index (κ3) is 3.16.